The first-order valence-corrected chi connectivity index (χ1v) is 15.1. The zero-order valence-corrected chi connectivity index (χ0v) is 22.1. The van der Waals surface area contributed by atoms with Crippen LogP contribution >= 0.6 is 0 Å². The van der Waals surface area contributed by atoms with E-state index in [1.165, 1.54) is 11.2 Å². The Bertz CT molecular complexity index is 1370. The van der Waals surface area contributed by atoms with Crippen LogP contribution in [0.15, 0.2) is 53.4 Å². The molecule has 0 aromatic heterocycles. The highest BCUT2D eigenvalue weighted by Crippen LogP contribution is 2.25. The second-order valence-corrected chi connectivity index (χ2v) is 13.4. The minimum Gasteiger partial charge on any atom is -0.490 e. The van der Waals surface area contributed by atoms with Crippen LogP contribution < -0.4 is 20.1 Å². The lowest BCUT2D eigenvalue weighted by molar-refractivity contribution is -0.122. The summed E-state index contributed by atoms with van der Waals surface area (Å²) in [5, 5.41) is 4.46. The van der Waals surface area contributed by atoms with Crippen molar-refractivity contribution < 1.29 is 35.9 Å². The molecule has 200 valence electrons. The van der Waals surface area contributed by atoms with Gasteiger partial charge in [-0.2, -0.15) is 0 Å². The molecule has 1 atom stereocenters. The van der Waals surface area contributed by atoms with E-state index in [0.717, 1.165) is 11.8 Å². The Kier molecular flexibility index (Phi) is 7.49. The molecule has 2 aliphatic heterocycles. The number of sulfonamides is 1. The quantitative estimate of drug-likeness (QED) is 0.445. The monoisotopic (exact) mass is 551 g/mol. The van der Waals surface area contributed by atoms with Gasteiger partial charge in [0.05, 0.1) is 10.6 Å². The summed E-state index contributed by atoms with van der Waals surface area (Å²) in [7, 11) is -7.01. The molecule has 11 nitrogen and oxygen atoms in total. The maximum atomic E-state index is 12.8. The molecule has 13 heteroatoms. The van der Waals surface area contributed by atoms with Gasteiger partial charge < -0.3 is 14.8 Å². The molecule has 2 saturated heterocycles. The number of amides is 3. The summed E-state index contributed by atoms with van der Waals surface area (Å²) in [6, 6.07) is 12.9. The average molecular weight is 552 g/mol. The molecule has 2 N–H and O–H groups in total. The zero-order valence-electron chi connectivity index (χ0n) is 20.5. The van der Waals surface area contributed by atoms with E-state index in [2.05, 4.69) is 10.6 Å². The van der Waals surface area contributed by atoms with Crippen LogP contribution in [0.1, 0.15) is 25.3 Å². The van der Waals surface area contributed by atoms with Crippen molar-refractivity contribution in [2.45, 2.75) is 42.9 Å². The highest BCUT2D eigenvalue weighted by molar-refractivity contribution is 7.90. The van der Waals surface area contributed by atoms with Crippen LogP contribution in [0.5, 0.6) is 11.5 Å². The van der Waals surface area contributed by atoms with E-state index in [4.69, 9.17) is 9.47 Å². The van der Waals surface area contributed by atoms with E-state index in [9.17, 15) is 26.4 Å². The number of ether oxygens (including phenoxy) is 2. The lowest BCUT2D eigenvalue weighted by Gasteiger charge is -2.33. The third-order valence-electron chi connectivity index (χ3n) is 6.27. The summed E-state index contributed by atoms with van der Waals surface area (Å²) in [4.78, 5) is 23.7. The van der Waals surface area contributed by atoms with Crippen molar-refractivity contribution in [3.8, 4) is 11.5 Å². The predicted octanol–water partition coefficient (Wildman–Crippen LogP) is 1.44. The summed E-state index contributed by atoms with van der Waals surface area (Å²) >= 11 is 0. The van der Waals surface area contributed by atoms with Crippen molar-refractivity contribution in [3.63, 3.8) is 0 Å². The Labute approximate surface area is 216 Å². The SMILES string of the molecule is C[C@]1(CS(=O)(=O)N2CCC(Oc3ccc(OCc4ccc(S(C)(=O)=O)cc4)cc3)CC2)NC(=O)NC1=O. The molecule has 2 aliphatic rings. The van der Waals surface area contributed by atoms with Crippen molar-refractivity contribution >= 4 is 31.8 Å². The third-order valence-corrected chi connectivity index (χ3v) is 9.49. The molecule has 2 fully saturated rings. The number of sulfone groups is 1. The maximum absolute atomic E-state index is 12.8. The number of nitrogens with one attached hydrogen (secondary N) is 2. The van der Waals surface area contributed by atoms with Crippen LogP contribution in [-0.4, -0.2) is 69.8 Å². The smallest absolute Gasteiger partial charge is 0.322 e. The van der Waals surface area contributed by atoms with E-state index in [1.54, 1.807) is 48.5 Å². The Hall–Kier alpha value is -3.16. The number of carbonyl (C=O) groups excluding carboxylic acids is 2. The lowest BCUT2D eigenvalue weighted by Crippen LogP contribution is -2.53. The van der Waals surface area contributed by atoms with Gasteiger partial charge in [0.1, 0.15) is 29.7 Å². The fraction of sp³-hybridized carbons (Fsp3) is 0.417. The number of nitrogens with zero attached hydrogens (tertiary/aromatic N) is 1. The molecule has 0 unspecified atom stereocenters. The molecular weight excluding hydrogens is 522 g/mol. The molecule has 0 saturated carbocycles. The van der Waals surface area contributed by atoms with Crippen molar-refractivity contribution in [1.82, 2.24) is 14.9 Å². The molecule has 3 amide bonds. The number of carbonyl (C=O) groups is 2. The zero-order chi connectivity index (χ0) is 26.8. The van der Waals surface area contributed by atoms with Gasteiger partial charge in [-0.05, 0) is 61.7 Å². The standard InChI is InChI=1S/C24H29N3O8S2/c1-24(22(28)25-23(29)26-24)16-37(32,33)27-13-11-20(12-14-27)35-19-7-5-18(6-8-19)34-15-17-3-9-21(10-4-17)36(2,30)31/h3-10,20H,11-16H2,1-2H3,(H2,25,26,28,29)/t24-/m1/s1. The van der Waals surface area contributed by atoms with Gasteiger partial charge in [0.25, 0.3) is 5.91 Å². The molecule has 4 rings (SSSR count). The average Bonchev–Trinajstić information content (AvgIpc) is 3.08. The Morgan fingerprint density at radius 2 is 1.54 bits per heavy atom. The summed E-state index contributed by atoms with van der Waals surface area (Å²) in [6.07, 6.45) is 1.96. The number of urea groups is 1. The molecule has 0 aliphatic carbocycles. The topological polar surface area (TPSA) is 148 Å². The van der Waals surface area contributed by atoms with Crippen LogP contribution in [0.2, 0.25) is 0 Å². The van der Waals surface area contributed by atoms with Crippen molar-refractivity contribution in [3.05, 3.63) is 54.1 Å². The van der Waals surface area contributed by atoms with Crippen LogP contribution in [0.25, 0.3) is 0 Å². The molecule has 2 aromatic rings. The summed E-state index contributed by atoms with van der Waals surface area (Å²) < 4.78 is 61.9. The first-order chi connectivity index (χ1) is 17.3. The molecule has 0 bridgehead atoms. The predicted molar refractivity (Wildman–Crippen MR) is 134 cm³/mol. The molecule has 0 radical (unpaired) electrons. The maximum Gasteiger partial charge on any atom is 0.322 e. The largest absolute Gasteiger partial charge is 0.490 e. The lowest BCUT2D eigenvalue weighted by atomic mass is 10.1. The summed E-state index contributed by atoms with van der Waals surface area (Å²) in [5.74, 6) is 0.0874. The second kappa shape index (κ2) is 10.3. The highest BCUT2D eigenvalue weighted by atomic mass is 32.2. The van der Waals surface area contributed by atoms with E-state index in [0.29, 0.717) is 24.3 Å². The minimum atomic E-state index is -3.77. The van der Waals surface area contributed by atoms with Gasteiger partial charge in [0.2, 0.25) is 10.0 Å². The number of imide groups is 1. The number of benzene rings is 2. The fourth-order valence-electron chi connectivity index (χ4n) is 4.17. The summed E-state index contributed by atoms with van der Waals surface area (Å²) in [6.45, 7) is 2.17. The molecule has 2 aromatic carbocycles. The van der Waals surface area contributed by atoms with Crippen molar-refractivity contribution in [1.29, 1.82) is 0 Å². The fourth-order valence-corrected chi connectivity index (χ4v) is 6.68. The van der Waals surface area contributed by atoms with Gasteiger partial charge in [-0.25, -0.2) is 25.9 Å². The first kappa shape index (κ1) is 26.9. The Balaban J connectivity index is 1.25. The van der Waals surface area contributed by atoms with Crippen LogP contribution in [-0.2, 0) is 31.3 Å². The van der Waals surface area contributed by atoms with E-state index >= 15 is 0 Å². The van der Waals surface area contributed by atoms with Gasteiger partial charge in [-0.15, -0.1) is 0 Å². The van der Waals surface area contributed by atoms with Crippen LogP contribution in [0, 0.1) is 0 Å². The first-order valence-electron chi connectivity index (χ1n) is 11.6. The van der Waals surface area contributed by atoms with Gasteiger partial charge in [0.15, 0.2) is 9.84 Å². The Morgan fingerprint density at radius 3 is 2.08 bits per heavy atom. The van der Waals surface area contributed by atoms with Gasteiger partial charge in [-0.1, -0.05) is 12.1 Å². The van der Waals surface area contributed by atoms with Crippen LogP contribution in [0.4, 0.5) is 4.79 Å². The molecule has 0 spiro atoms. The van der Waals surface area contributed by atoms with Gasteiger partial charge >= 0.3 is 6.03 Å². The van der Waals surface area contributed by atoms with E-state index < -0.39 is 43.1 Å². The number of piperidine rings is 1. The molecule has 2 heterocycles. The molecule has 37 heavy (non-hydrogen) atoms. The van der Waals surface area contributed by atoms with Crippen molar-refractivity contribution in [2.24, 2.45) is 0 Å². The van der Waals surface area contributed by atoms with Crippen LogP contribution in [0.3, 0.4) is 0 Å². The highest BCUT2D eigenvalue weighted by Gasteiger charge is 2.47. The number of rotatable bonds is 9. The second-order valence-electron chi connectivity index (χ2n) is 9.39. The number of hydrogen-bond acceptors (Lipinski definition) is 8. The number of hydrogen-bond donors (Lipinski definition) is 2. The van der Waals surface area contributed by atoms with E-state index in [-0.39, 0.29) is 30.7 Å². The summed E-state index contributed by atoms with van der Waals surface area (Å²) in [5.41, 5.74) is -0.661. The minimum absolute atomic E-state index is 0.170. The van der Waals surface area contributed by atoms with Gasteiger partial charge in [0, 0.05) is 19.3 Å². The van der Waals surface area contributed by atoms with Gasteiger partial charge in [-0.3, -0.25) is 10.1 Å². The third kappa shape index (κ3) is 6.59. The normalized spacial score (nSPS) is 21.4. The Morgan fingerprint density at radius 1 is 0.946 bits per heavy atom. The molecular formula is C24H29N3O8S2. The van der Waals surface area contributed by atoms with E-state index in [1.807, 2.05) is 0 Å². The van der Waals surface area contributed by atoms with Crippen molar-refractivity contribution in [2.75, 3.05) is 25.1 Å².